The van der Waals surface area contributed by atoms with Gasteiger partial charge in [-0.3, -0.25) is 4.79 Å². The van der Waals surface area contributed by atoms with Crippen molar-refractivity contribution < 1.29 is 9.53 Å². The molecular formula is C18H21ClN4O2. The normalized spacial score (nSPS) is 13.8. The van der Waals surface area contributed by atoms with Gasteiger partial charge in [0.25, 0.3) is 5.91 Å². The van der Waals surface area contributed by atoms with Crippen LogP contribution in [-0.2, 0) is 6.54 Å². The molecule has 0 radical (unpaired) electrons. The van der Waals surface area contributed by atoms with E-state index in [1.165, 1.54) is 6.20 Å². The van der Waals surface area contributed by atoms with Crippen molar-refractivity contribution in [2.75, 3.05) is 24.6 Å². The number of ether oxygens (including phenoxy) is 1. The van der Waals surface area contributed by atoms with Gasteiger partial charge in [0.2, 0.25) is 5.95 Å². The highest BCUT2D eigenvalue weighted by Gasteiger charge is 2.19. The molecule has 0 unspecified atom stereocenters. The Morgan fingerprint density at radius 2 is 2.16 bits per heavy atom. The Balaban J connectivity index is 1.68. The summed E-state index contributed by atoms with van der Waals surface area (Å²) >= 11 is 6.12. The van der Waals surface area contributed by atoms with E-state index in [9.17, 15) is 4.79 Å². The lowest BCUT2D eigenvalue weighted by Gasteiger charge is -2.16. The Morgan fingerprint density at radius 3 is 2.92 bits per heavy atom. The van der Waals surface area contributed by atoms with Gasteiger partial charge in [-0.05, 0) is 37.5 Å². The van der Waals surface area contributed by atoms with Gasteiger partial charge < -0.3 is 15.0 Å². The van der Waals surface area contributed by atoms with Crippen LogP contribution in [0, 0.1) is 0 Å². The van der Waals surface area contributed by atoms with E-state index in [-0.39, 0.29) is 16.6 Å². The first-order valence-electron chi connectivity index (χ1n) is 8.45. The predicted molar refractivity (Wildman–Crippen MR) is 97.3 cm³/mol. The molecule has 0 bridgehead atoms. The molecule has 2 aromatic rings. The summed E-state index contributed by atoms with van der Waals surface area (Å²) < 4.78 is 5.47. The lowest BCUT2D eigenvalue weighted by Crippen LogP contribution is -2.26. The molecule has 7 heteroatoms. The summed E-state index contributed by atoms with van der Waals surface area (Å²) in [6, 6.07) is 7.62. The molecule has 6 nitrogen and oxygen atoms in total. The minimum absolute atomic E-state index is 0.208. The molecule has 1 aliphatic heterocycles. The van der Waals surface area contributed by atoms with Crippen molar-refractivity contribution in [3.05, 3.63) is 46.7 Å². The van der Waals surface area contributed by atoms with E-state index in [1.54, 1.807) is 0 Å². The highest BCUT2D eigenvalue weighted by Crippen LogP contribution is 2.20. The summed E-state index contributed by atoms with van der Waals surface area (Å²) in [6.45, 7) is 4.73. The smallest absolute Gasteiger partial charge is 0.271 e. The average Bonchev–Trinajstić information content (AvgIpc) is 3.15. The lowest BCUT2D eigenvalue weighted by atomic mass is 10.2. The second-order valence-electron chi connectivity index (χ2n) is 5.82. The van der Waals surface area contributed by atoms with E-state index in [0.717, 1.165) is 37.2 Å². The molecule has 0 aliphatic carbocycles. The third-order valence-corrected chi connectivity index (χ3v) is 4.27. The first-order chi connectivity index (χ1) is 12.2. The van der Waals surface area contributed by atoms with E-state index in [2.05, 4.69) is 20.2 Å². The predicted octanol–water partition coefficient (Wildman–Crippen LogP) is 3.06. The van der Waals surface area contributed by atoms with Crippen LogP contribution in [0.5, 0.6) is 5.75 Å². The first-order valence-corrected chi connectivity index (χ1v) is 8.82. The second-order valence-corrected chi connectivity index (χ2v) is 6.23. The van der Waals surface area contributed by atoms with Gasteiger partial charge in [0.15, 0.2) is 5.69 Å². The number of anilines is 1. The maximum Gasteiger partial charge on any atom is 0.271 e. The number of rotatable bonds is 6. The monoisotopic (exact) mass is 360 g/mol. The van der Waals surface area contributed by atoms with Crippen LogP contribution in [-0.4, -0.2) is 35.6 Å². The first kappa shape index (κ1) is 17.5. The van der Waals surface area contributed by atoms with Gasteiger partial charge >= 0.3 is 0 Å². The van der Waals surface area contributed by atoms with Crippen LogP contribution in [0.1, 0.15) is 35.8 Å². The number of amides is 1. The number of hydrogen-bond donors (Lipinski definition) is 1. The van der Waals surface area contributed by atoms with E-state index >= 15 is 0 Å². The minimum Gasteiger partial charge on any atom is -0.494 e. The van der Waals surface area contributed by atoms with Crippen LogP contribution in [0.2, 0.25) is 5.02 Å². The highest BCUT2D eigenvalue weighted by molar-refractivity contribution is 6.33. The number of carbonyl (C=O) groups excluding carboxylic acids is 1. The molecule has 1 amide bonds. The van der Waals surface area contributed by atoms with Gasteiger partial charge in [0.05, 0.1) is 17.8 Å². The summed E-state index contributed by atoms with van der Waals surface area (Å²) in [5.41, 5.74) is 1.16. The third-order valence-electron chi connectivity index (χ3n) is 4.00. The molecule has 1 saturated heterocycles. The summed E-state index contributed by atoms with van der Waals surface area (Å²) in [5.74, 6) is 1.03. The Labute approximate surface area is 152 Å². The molecule has 0 saturated carbocycles. The van der Waals surface area contributed by atoms with Crippen LogP contribution >= 0.6 is 11.6 Å². The van der Waals surface area contributed by atoms with Crippen LogP contribution in [0.15, 0.2) is 30.5 Å². The van der Waals surface area contributed by atoms with E-state index in [0.29, 0.717) is 19.1 Å². The Hall–Kier alpha value is -2.34. The number of benzene rings is 1. The largest absolute Gasteiger partial charge is 0.494 e. The molecule has 1 aromatic heterocycles. The molecule has 0 atom stereocenters. The van der Waals surface area contributed by atoms with Gasteiger partial charge in [-0.1, -0.05) is 23.7 Å². The Morgan fingerprint density at radius 1 is 1.36 bits per heavy atom. The minimum atomic E-state index is -0.311. The maximum absolute atomic E-state index is 12.5. The molecular weight excluding hydrogens is 340 g/mol. The Kier molecular flexibility index (Phi) is 5.71. The van der Waals surface area contributed by atoms with Crippen LogP contribution in [0.3, 0.4) is 0 Å². The molecule has 2 heterocycles. The molecule has 0 spiro atoms. The number of nitrogens with zero attached hydrogens (tertiary/aromatic N) is 3. The van der Waals surface area contributed by atoms with Crippen LogP contribution < -0.4 is 15.0 Å². The maximum atomic E-state index is 12.5. The molecule has 1 aromatic carbocycles. The van der Waals surface area contributed by atoms with E-state index < -0.39 is 0 Å². The molecule has 132 valence electrons. The van der Waals surface area contributed by atoms with Gasteiger partial charge in [-0.15, -0.1) is 0 Å². The van der Waals surface area contributed by atoms with Gasteiger partial charge in [-0.25, -0.2) is 9.97 Å². The van der Waals surface area contributed by atoms with Crippen molar-refractivity contribution in [1.82, 2.24) is 15.3 Å². The van der Waals surface area contributed by atoms with Crippen molar-refractivity contribution in [3.8, 4) is 5.75 Å². The fourth-order valence-electron chi connectivity index (χ4n) is 2.76. The molecule has 25 heavy (non-hydrogen) atoms. The summed E-state index contributed by atoms with van der Waals surface area (Å²) in [5, 5.41) is 3.11. The molecule has 1 aliphatic rings. The lowest BCUT2D eigenvalue weighted by molar-refractivity contribution is 0.0946. The Bertz CT molecular complexity index is 748. The highest BCUT2D eigenvalue weighted by atomic mass is 35.5. The van der Waals surface area contributed by atoms with Crippen LogP contribution in [0.4, 0.5) is 5.95 Å². The SMILES string of the molecule is CCOc1cccc(CNC(=O)c2nc(N3CCCC3)ncc2Cl)c1. The summed E-state index contributed by atoms with van der Waals surface area (Å²) in [4.78, 5) is 23.1. The average molecular weight is 361 g/mol. The molecule has 1 N–H and O–H groups in total. The van der Waals surface area contributed by atoms with Crippen molar-refractivity contribution >= 4 is 23.5 Å². The topological polar surface area (TPSA) is 67.3 Å². The van der Waals surface area contributed by atoms with Gasteiger partial charge in [0.1, 0.15) is 5.75 Å². The second kappa shape index (κ2) is 8.16. The summed E-state index contributed by atoms with van der Waals surface area (Å²) in [7, 11) is 0. The van der Waals surface area contributed by atoms with E-state index in [1.807, 2.05) is 31.2 Å². The van der Waals surface area contributed by atoms with Gasteiger partial charge in [-0.2, -0.15) is 0 Å². The molecule has 3 rings (SSSR count). The fraction of sp³-hybridized carbons (Fsp3) is 0.389. The van der Waals surface area contributed by atoms with E-state index in [4.69, 9.17) is 16.3 Å². The van der Waals surface area contributed by atoms with Crippen LogP contribution in [0.25, 0.3) is 0 Å². The number of hydrogen-bond acceptors (Lipinski definition) is 5. The number of halogens is 1. The zero-order valence-electron chi connectivity index (χ0n) is 14.2. The third kappa shape index (κ3) is 4.39. The fourth-order valence-corrected chi connectivity index (χ4v) is 2.94. The van der Waals surface area contributed by atoms with Crippen molar-refractivity contribution in [1.29, 1.82) is 0 Å². The number of nitrogens with one attached hydrogen (secondary N) is 1. The summed E-state index contributed by atoms with van der Waals surface area (Å²) in [6.07, 6.45) is 3.72. The number of aromatic nitrogens is 2. The standard InChI is InChI=1S/C18H21ClN4O2/c1-2-25-14-7-5-6-13(10-14)11-20-17(24)16-15(19)12-21-18(22-16)23-8-3-4-9-23/h5-7,10,12H,2-4,8-9,11H2,1H3,(H,20,24). The zero-order chi connectivity index (χ0) is 17.6. The van der Waals surface area contributed by atoms with Crippen molar-refractivity contribution in [3.63, 3.8) is 0 Å². The molecule has 1 fully saturated rings. The van der Waals surface area contributed by atoms with Crippen molar-refractivity contribution in [2.45, 2.75) is 26.3 Å². The van der Waals surface area contributed by atoms with Crippen molar-refractivity contribution in [2.24, 2.45) is 0 Å². The number of carbonyl (C=O) groups is 1. The quantitative estimate of drug-likeness (QED) is 0.857. The van der Waals surface area contributed by atoms with Gasteiger partial charge in [0, 0.05) is 19.6 Å². The zero-order valence-corrected chi connectivity index (χ0v) is 14.9.